The third kappa shape index (κ3) is 4.88. The number of nitrogen functional groups attached to an aromatic ring is 1. The number of hydrogen-bond acceptors (Lipinski definition) is 8. The maximum atomic E-state index is 14.3. The predicted molar refractivity (Wildman–Crippen MR) is 158 cm³/mol. The second-order valence-electron chi connectivity index (χ2n) is 11.1. The van der Waals surface area contributed by atoms with Crippen molar-refractivity contribution in [2.24, 2.45) is 0 Å². The normalized spacial score (nSPS) is 16.6. The van der Waals surface area contributed by atoms with E-state index in [1.165, 1.54) is 19.5 Å². The van der Waals surface area contributed by atoms with Crippen LogP contribution < -0.4 is 10.5 Å². The number of nitrogens with one attached hydrogen (secondary N) is 1. The van der Waals surface area contributed by atoms with Crippen molar-refractivity contribution in [3.8, 4) is 28.1 Å². The second-order valence-corrected chi connectivity index (χ2v) is 11.1. The third-order valence-corrected chi connectivity index (χ3v) is 8.18. The van der Waals surface area contributed by atoms with E-state index in [0.717, 1.165) is 47.2 Å². The zero-order valence-electron chi connectivity index (χ0n) is 23.8. The van der Waals surface area contributed by atoms with E-state index < -0.39 is 5.82 Å². The highest BCUT2D eigenvalue weighted by atomic mass is 19.1. The molecule has 12 heteroatoms. The molecule has 4 aromatic heterocycles. The van der Waals surface area contributed by atoms with Crippen molar-refractivity contribution in [3.05, 3.63) is 83.7 Å². The van der Waals surface area contributed by atoms with E-state index in [1.807, 2.05) is 25.3 Å². The highest BCUT2D eigenvalue weighted by Crippen LogP contribution is 2.45. The van der Waals surface area contributed by atoms with E-state index in [4.69, 9.17) is 15.5 Å². The molecular formula is C31H30FN9O2. The molecule has 11 nitrogen and oxygen atoms in total. The quantitative estimate of drug-likeness (QED) is 0.264. The van der Waals surface area contributed by atoms with Crippen LogP contribution >= 0.6 is 0 Å². The van der Waals surface area contributed by atoms with Crippen LogP contribution in [0.1, 0.15) is 60.4 Å². The lowest BCUT2D eigenvalue weighted by Crippen LogP contribution is -2.34. The molecule has 5 aromatic rings. The standard InChI is InChI=1S/C31H30FN9O2/c1-17-11-21(40(15-17)31(42)29-35-16-36-39-29)7-9-25-27(18-3-4-18)28(33)41-30(38-25)22(14-37-41)20-5-8-24(34-13-20)19-6-10-26(43-2)23(32)12-19/h5-6,8,10,12-16,18,21H,3-4,7,9,11,33H2,1-2H3,(H,35,36,39). The number of methoxy groups -OCH3 is 1. The zero-order valence-corrected chi connectivity index (χ0v) is 23.8. The number of nitrogens with two attached hydrogens (primary N) is 1. The topological polar surface area (TPSA) is 140 Å². The molecule has 3 N–H and O–H groups in total. The Morgan fingerprint density at radius 3 is 2.70 bits per heavy atom. The van der Waals surface area contributed by atoms with Gasteiger partial charge in [-0.15, -0.1) is 0 Å². The van der Waals surface area contributed by atoms with Crippen LogP contribution in [0.4, 0.5) is 10.2 Å². The zero-order chi connectivity index (χ0) is 29.7. The van der Waals surface area contributed by atoms with E-state index in [1.54, 1.807) is 33.9 Å². The Kier molecular flexibility index (Phi) is 6.60. The molecule has 1 aliphatic carbocycles. The molecule has 1 aliphatic heterocycles. The lowest BCUT2D eigenvalue weighted by molar-refractivity contribution is 0.0767. The summed E-state index contributed by atoms with van der Waals surface area (Å²) < 4.78 is 21.0. The number of aryl methyl sites for hydroxylation is 1. The minimum absolute atomic E-state index is 0.0205. The number of aromatic nitrogens is 7. The average Bonchev–Trinajstić information content (AvgIpc) is 3.37. The molecule has 0 radical (unpaired) electrons. The lowest BCUT2D eigenvalue weighted by atomic mass is 10.00. The monoisotopic (exact) mass is 579 g/mol. The van der Waals surface area contributed by atoms with Crippen LogP contribution in [0.5, 0.6) is 5.75 Å². The number of carbonyl (C=O) groups excluding carboxylic acids is 1. The van der Waals surface area contributed by atoms with Crippen LogP contribution in [0.25, 0.3) is 28.0 Å². The van der Waals surface area contributed by atoms with Gasteiger partial charge in [0, 0.05) is 40.7 Å². The fraction of sp³-hybridized carbons (Fsp3) is 0.290. The fourth-order valence-corrected chi connectivity index (χ4v) is 5.90. The SMILES string of the molecule is COc1ccc(-c2ccc(-c3cnn4c(N)c(C5CC5)c(CCC5CC(C)=CN5C(=O)c5ncn[nH]5)nc34)cn2)cc1F. The second kappa shape index (κ2) is 10.6. The van der Waals surface area contributed by atoms with Gasteiger partial charge in [0.25, 0.3) is 5.91 Å². The summed E-state index contributed by atoms with van der Waals surface area (Å²) in [7, 11) is 1.43. The Morgan fingerprint density at radius 1 is 1.16 bits per heavy atom. The summed E-state index contributed by atoms with van der Waals surface area (Å²) in [6.45, 7) is 2.03. The number of halogens is 1. The number of fused-ring (bicyclic) bond motifs is 1. The summed E-state index contributed by atoms with van der Waals surface area (Å²) in [6.07, 6.45) is 11.0. The van der Waals surface area contributed by atoms with Gasteiger partial charge < -0.3 is 15.4 Å². The summed E-state index contributed by atoms with van der Waals surface area (Å²) >= 11 is 0. The molecule has 0 saturated heterocycles. The van der Waals surface area contributed by atoms with Gasteiger partial charge in [0.2, 0.25) is 5.82 Å². The Hall–Kier alpha value is -5.13. The first-order valence-corrected chi connectivity index (χ1v) is 14.2. The Labute approximate surface area is 246 Å². The maximum absolute atomic E-state index is 14.3. The number of nitrogens with zero attached hydrogens (tertiary/aromatic N) is 7. The van der Waals surface area contributed by atoms with Crippen molar-refractivity contribution in [3.63, 3.8) is 0 Å². The van der Waals surface area contributed by atoms with Gasteiger partial charge >= 0.3 is 0 Å². The summed E-state index contributed by atoms with van der Waals surface area (Å²) in [5, 5.41) is 11.1. The minimum Gasteiger partial charge on any atom is -0.494 e. The Morgan fingerprint density at radius 2 is 2.00 bits per heavy atom. The van der Waals surface area contributed by atoms with Crippen molar-refractivity contribution in [2.75, 3.05) is 12.8 Å². The van der Waals surface area contributed by atoms with Crippen LogP contribution in [0.3, 0.4) is 0 Å². The summed E-state index contributed by atoms with van der Waals surface area (Å²) in [5.41, 5.74) is 13.4. The number of benzene rings is 1. The largest absolute Gasteiger partial charge is 0.494 e. The molecule has 43 heavy (non-hydrogen) atoms. The number of amides is 1. The molecule has 0 spiro atoms. The number of carbonyl (C=O) groups is 1. The summed E-state index contributed by atoms with van der Waals surface area (Å²) in [5.74, 6) is 0.727. The van der Waals surface area contributed by atoms with Crippen LogP contribution in [-0.2, 0) is 6.42 Å². The van der Waals surface area contributed by atoms with E-state index >= 15 is 0 Å². The van der Waals surface area contributed by atoms with Crippen molar-refractivity contribution >= 4 is 17.4 Å². The number of rotatable bonds is 8. The first-order chi connectivity index (χ1) is 20.9. The molecule has 1 amide bonds. The summed E-state index contributed by atoms with van der Waals surface area (Å²) in [4.78, 5) is 28.6. The Balaban J connectivity index is 1.18. The van der Waals surface area contributed by atoms with Gasteiger partial charge in [-0.2, -0.15) is 14.7 Å². The van der Waals surface area contributed by atoms with E-state index in [9.17, 15) is 9.18 Å². The molecule has 218 valence electrons. The van der Waals surface area contributed by atoms with Crippen molar-refractivity contribution in [2.45, 2.75) is 51.0 Å². The smallest absolute Gasteiger partial charge is 0.295 e. The first-order valence-electron chi connectivity index (χ1n) is 14.2. The molecule has 1 fully saturated rings. The number of hydrogen-bond donors (Lipinski definition) is 2. The number of anilines is 1. The molecule has 2 aliphatic rings. The van der Waals surface area contributed by atoms with E-state index in [0.29, 0.717) is 41.5 Å². The molecule has 1 aromatic carbocycles. The Bertz CT molecular complexity index is 1860. The van der Waals surface area contributed by atoms with Gasteiger partial charge in [-0.25, -0.2) is 14.4 Å². The van der Waals surface area contributed by atoms with E-state index in [-0.39, 0.29) is 23.5 Å². The van der Waals surface area contributed by atoms with Crippen LogP contribution in [-0.4, -0.2) is 58.7 Å². The highest BCUT2D eigenvalue weighted by Gasteiger charge is 2.33. The van der Waals surface area contributed by atoms with Crippen LogP contribution in [0.15, 0.2) is 60.8 Å². The average molecular weight is 580 g/mol. The van der Waals surface area contributed by atoms with Gasteiger partial charge in [-0.3, -0.25) is 14.9 Å². The molecule has 1 atom stereocenters. The van der Waals surface area contributed by atoms with Crippen molar-refractivity contribution in [1.29, 1.82) is 0 Å². The number of pyridine rings is 1. The van der Waals surface area contributed by atoms with Crippen molar-refractivity contribution < 1.29 is 13.9 Å². The third-order valence-electron chi connectivity index (χ3n) is 8.18. The van der Waals surface area contributed by atoms with Gasteiger partial charge in [0.15, 0.2) is 17.2 Å². The van der Waals surface area contributed by atoms with Gasteiger partial charge in [-0.1, -0.05) is 11.6 Å². The minimum atomic E-state index is -0.443. The van der Waals surface area contributed by atoms with Crippen LogP contribution in [0.2, 0.25) is 0 Å². The maximum Gasteiger partial charge on any atom is 0.295 e. The van der Waals surface area contributed by atoms with E-state index in [2.05, 4.69) is 25.3 Å². The summed E-state index contributed by atoms with van der Waals surface area (Å²) in [6, 6.07) is 8.52. The fourth-order valence-electron chi connectivity index (χ4n) is 5.90. The molecule has 0 bridgehead atoms. The first kappa shape index (κ1) is 26.7. The predicted octanol–water partition coefficient (Wildman–Crippen LogP) is 4.93. The highest BCUT2D eigenvalue weighted by molar-refractivity contribution is 5.91. The van der Waals surface area contributed by atoms with Gasteiger partial charge in [-0.05, 0) is 69.2 Å². The van der Waals surface area contributed by atoms with Crippen LogP contribution in [0, 0.1) is 5.82 Å². The lowest BCUT2D eigenvalue weighted by Gasteiger charge is -2.23. The van der Waals surface area contributed by atoms with Crippen molar-refractivity contribution in [1.82, 2.24) is 39.7 Å². The molecular weight excluding hydrogens is 549 g/mol. The molecule has 1 saturated carbocycles. The molecule has 1 unspecified atom stereocenters. The number of H-pyrrole nitrogens is 1. The molecule has 5 heterocycles. The van der Waals surface area contributed by atoms with Gasteiger partial charge in [0.1, 0.15) is 12.1 Å². The molecule has 7 rings (SSSR count). The number of ether oxygens (including phenoxy) is 1. The van der Waals surface area contributed by atoms with Gasteiger partial charge in [0.05, 0.1) is 24.7 Å². The number of aromatic amines is 1.